The van der Waals surface area contributed by atoms with Crippen LogP contribution in [0.15, 0.2) is 63.5 Å². The maximum atomic E-state index is 13.7. The van der Waals surface area contributed by atoms with Crippen LogP contribution < -0.4 is 24.4 Å². The van der Waals surface area contributed by atoms with Crippen LogP contribution in [0, 0.1) is 6.92 Å². The lowest BCUT2D eigenvalue weighted by molar-refractivity contribution is -0.139. The number of hydrogen-bond acceptors (Lipinski definition) is 7. The van der Waals surface area contributed by atoms with Crippen LogP contribution in [0.2, 0.25) is 0 Å². The number of rotatable bonds is 7. The van der Waals surface area contributed by atoms with Gasteiger partial charge in [-0.2, -0.15) is 0 Å². The number of nitrogens with zero attached hydrogens (tertiary/aromatic N) is 2. The van der Waals surface area contributed by atoms with Gasteiger partial charge in [-0.15, -0.1) is 0 Å². The molecule has 0 saturated carbocycles. The summed E-state index contributed by atoms with van der Waals surface area (Å²) in [6.07, 6.45) is 1.85. The molecule has 4 rings (SSSR count). The molecule has 1 aliphatic rings. The number of allylic oxidation sites excluding steroid dienone is 1. The third kappa shape index (κ3) is 4.79. The number of esters is 1. The molecule has 1 aromatic heterocycles. The topological polar surface area (TPSA) is 79.1 Å². The first kappa shape index (κ1) is 24.5. The van der Waals surface area contributed by atoms with Crippen molar-refractivity contribution in [3.63, 3.8) is 0 Å². The van der Waals surface area contributed by atoms with E-state index >= 15 is 0 Å². The molecule has 182 valence electrons. The van der Waals surface area contributed by atoms with Crippen molar-refractivity contribution in [2.24, 2.45) is 4.99 Å². The van der Waals surface area contributed by atoms with Gasteiger partial charge in [-0.1, -0.05) is 47.2 Å². The van der Waals surface area contributed by atoms with E-state index in [0.717, 1.165) is 11.1 Å². The van der Waals surface area contributed by atoms with Crippen LogP contribution in [0.1, 0.15) is 43.5 Å². The van der Waals surface area contributed by atoms with Crippen LogP contribution in [0.5, 0.6) is 11.5 Å². The number of carbonyl (C=O) groups is 1. The minimum Gasteiger partial charge on any atom is -0.493 e. The van der Waals surface area contributed by atoms with Gasteiger partial charge in [-0.25, -0.2) is 9.79 Å². The smallest absolute Gasteiger partial charge is 0.338 e. The summed E-state index contributed by atoms with van der Waals surface area (Å²) in [4.78, 5) is 31.9. The first-order valence-electron chi connectivity index (χ1n) is 11.4. The molecule has 0 radical (unpaired) electrons. The molecule has 0 saturated heterocycles. The first-order chi connectivity index (χ1) is 16.9. The second kappa shape index (κ2) is 10.3. The predicted octanol–water partition coefficient (Wildman–Crippen LogP) is 3.51. The van der Waals surface area contributed by atoms with E-state index in [2.05, 4.69) is 4.99 Å². The molecule has 0 fully saturated rings. The van der Waals surface area contributed by atoms with Crippen molar-refractivity contribution < 1.29 is 19.0 Å². The Bertz CT molecular complexity index is 1460. The van der Waals surface area contributed by atoms with Crippen molar-refractivity contribution in [1.29, 1.82) is 0 Å². The SMILES string of the molecule is CCOC(=O)C1=C(C)N=c2s/c(=C\c3ccc(C)cc3)c(=O)n2C1c1ccc(OC)c(OCC)c1. The Hall–Kier alpha value is -3.65. The number of fused-ring (bicyclic) bond motifs is 1. The highest BCUT2D eigenvalue weighted by Gasteiger charge is 2.33. The van der Waals surface area contributed by atoms with Crippen molar-refractivity contribution in [2.45, 2.75) is 33.7 Å². The lowest BCUT2D eigenvalue weighted by Gasteiger charge is -2.25. The lowest BCUT2D eigenvalue weighted by Crippen LogP contribution is -2.40. The highest BCUT2D eigenvalue weighted by atomic mass is 32.1. The van der Waals surface area contributed by atoms with Crippen LogP contribution >= 0.6 is 11.3 Å². The number of ether oxygens (including phenoxy) is 3. The van der Waals surface area contributed by atoms with Crippen molar-refractivity contribution >= 4 is 23.4 Å². The zero-order chi connectivity index (χ0) is 25.1. The van der Waals surface area contributed by atoms with E-state index in [0.29, 0.717) is 44.3 Å². The molecular formula is C27H28N2O5S. The van der Waals surface area contributed by atoms with E-state index in [1.807, 2.05) is 56.3 Å². The van der Waals surface area contributed by atoms with Gasteiger partial charge in [0.15, 0.2) is 16.3 Å². The molecular weight excluding hydrogens is 464 g/mol. The van der Waals surface area contributed by atoms with Gasteiger partial charge in [-0.05, 0) is 57.0 Å². The Labute approximate surface area is 207 Å². The maximum Gasteiger partial charge on any atom is 0.338 e. The first-order valence-corrected chi connectivity index (χ1v) is 12.3. The molecule has 1 aliphatic heterocycles. The van der Waals surface area contributed by atoms with Crippen LogP contribution in [0.3, 0.4) is 0 Å². The van der Waals surface area contributed by atoms with Crippen molar-refractivity contribution in [3.05, 3.63) is 90.1 Å². The van der Waals surface area contributed by atoms with Gasteiger partial charge in [0.2, 0.25) is 0 Å². The number of thiazole rings is 1. The van der Waals surface area contributed by atoms with Crippen LogP contribution in [0.25, 0.3) is 6.08 Å². The van der Waals surface area contributed by atoms with Crippen molar-refractivity contribution in [1.82, 2.24) is 4.57 Å². The van der Waals surface area contributed by atoms with Gasteiger partial charge >= 0.3 is 5.97 Å². The molecule has 35 heavy (non-hydrogen) atoms. The number of methoxy groups -OCH3 is 1. The number of benzene rings is 2. The number of carbonyl (C=O) groups excluding carboxylic acids is 1. The van der Waals surface area contributed by atoms with E-state index < -0.39 is 12.0 Å². The average Bonchev–Trinajstić information content (AvgIpc) is 3.14. The lowest BCUT2D eigenvalue weighted by atomic mass is 9.95. The molecule has 2 aromatic carbocycles. The molecule has 1 atom stereocenters. The summed E-state index contributed by atoms with van der Waals surface area (Å²) >= 11 is 1.30. The fourth-order valence-electron chi connectivity index (χ4n) is 4.05. The molecule has 0 N–H and O–H groups in total. The monoisotopic (exact) mass is 492 g/mol. The summed E-state index contributed by atoms with van der Waals surface area (Å²) in [7, 11) is 1.57. The van der Waals surface area contributed by atoms with Gasteiger partial charge in [0.05, 0.1) is 42.2 Å². The molecule has 3 aromatic rings. The van der Waals surface area contributed by atoms with Crippen molar-refractivity contribution in [3.8, 4) is 11.5 Å². The quantitative estimate of drug-likeness (QED) is 0.472. The largest absolute Gasteiger partial charge is 0.493 e. The minimum atomic E-state index is -0.712. The fraction of sp³-hybridized carbons (Fsp3) is 0.296. The Morgan fingerprint density at radius 3 is 2.49 bits per heavy atom. The van der Waals surface area contributed by atoms with Gasteiger partial charge in [-0.3, -0.25) is 9.36 Å². The standard InChI is InChI=1S/C27H28N2O5S/c1-6-33-21-15-19(12-13-20(21)32-5)24-23(26(31)34-7-2)17(4)28-27-29(24)25(30)22(35-27)14-18-10-8-16(3)9-11-18/h8-15,24H,6-7H2,1-5H3/b22-14-. The zero-order valence-corrected chi connectivity index (χ0v) is 21.3. The third-order valence-electron chi connectivity index (χ3n) is 5.70. The second-order valence-corrected chi connectivity index (χ2v) is 9.07. The second-order valence-electron chi connectivity index (χ2n) is 8.06. The summed E-state index contributed by atoms with van der Waals surface area (Å²) in [6.45, 7) is 8.08. The Balaban J connectivity index is 1.96. The van der Waals surface area contributed by atoms with Crippen LogP contribution in [-0.4, -0.2) is 30.9 Å². The van der Waals surface area contributed by atoms with E-state index in [9.17, 15) is 9.59 Å². The predicted molar refractivity (Wildman–Crippen MR) is 136 cm³/mol. The molecule has 1 unspecified atom stereocenters. The summed E-state index contributed by atoms with van der Waals surface area (Å²) in [5.74, 6) is 0.605. The summed E-state index contributed by atoms with van der Waals surface area (Å²) in [5.41, 5.74) is 3.39. The molecule has 0 amide bonds. The van der Waals surface area contributed by atoms with Gasteiger partial charge in [0, 0.05) is 0 Å². The molecule has 0 aliphatic carbocycles. The highest BCUT2D eigenvalue weighted by Crippen LogP contribution is 2.36. The molecule has 7 nitrogen and oxygen atoms in total. The van der Waals surface area contributed by atoms with E-state index in [-0.39, 0.29) is 12.2 Å². The average molecular weight is 493 g/mol. The van der Waals surface area contributed by atoms with Gasteiger partial charge < -0.3 is 14.2 Å². The number of aryl methyl sites for hydroxylation is 1. The van der Waals surface area contributed by atoms with Crippen LogP contribution in [0.4, 0.5) is 0 Å². The molecule has 0 bridgehead atoms. The molecule has 8 heteroatoms. The number of hydrogen-bond donors (Lipinski definition) is 0. The maximum absolute atomic E-state index is 13.7. The number of aromatic nitrogens is 1. The third-order valence-corrected chi connectivity index (χ3v) is 6.68. The van der Waals surface area contributed by atoms with Crippen molar-refractivity contribution in [2.75, 3.05) is 20.3 Å². The highest BCUT2D eigenvalue weighted by molar-refractivity contribution is 7.07. The fourth-order valence-corrected chi connectivity index (χ4v) is 5.10. The van der Waals surface area contributed by atoms with Gasteiger partial charge in [0.25, 0.3) is 5.56 Å². The van der Waals surface area contributed by atoms with E-state index in [4.69, 9.17) is 14.2 Å². The molecule has 2 heterocycles. The molecule has 0 spiro atoms. The van der Waals surface area contributed by atoms with Crippen LogP contribution in [-0.2, 0) is 9.53 Å². The van der Waals surface area contributed by atoms with E-state index in [1.54, 1.807) is 31.6 Å². The normalized spacial score (nSPS) is 15.5. The summed E-state index contributed by atoms with van der Waals surface area (Å²) < 4.78 is 18.7. The Morgan fingerprint density at radius 2 is 1.83 bits per heavy atom. The van der Waals surface area contributed by atoms with E-state index in [1.165, 1.54) is 11.3 Å². The Kier molecular flexibility index (Phi) is 7.21. The Morgan fingerprint density at radius 1 is 1.09 bits per heavy atom. The van der Waals surface area contributed by atoms with Gasteiger partial charge in [0.1, 0.15) is 0 Å². The summed E-state index contributed by atoms with van der Waals surface area (Å²) in [6, 6.07) is 12.7. The zero-order valence-electron chi connectivity index (χ0n) is 20.5. The minimum absolute atomic E-state index is 0.215. The summed E-state index contributed by atoms with van der Waals surface area (Å²) in [5, 5.41) is 0.